The first-order chi connectivity index (χ1) is 15.9. The van der Waals surface area contributed by atoms with Crippen molar-refractivity contribution in [3.63, 3.8) is 0 Å². The van der Waals surface area contributed by atoms with Crippen molar-refractivity contribution < 1.29 is 19.2 Å². The maximum absolute atomic E-state index is 12.9. The van der Waals surface area contributed by atoms with E-state index in [1.807, 2.05) is 49.1 Å². The minimum atomic E-state index is -0.412. The van der Waals surface area contributed by atoms with Gasteiger partial charge in [-0.05, 0) is 68.2 Å². The normalized spacial score (nSPS) is 22.9. The number of hydrogen-bond acceptors (Lipinski definition) is 5. The van der Waals surface area contributed by atoms with Gasteiger partial charge in [0.2, 0.25) is 0 Å². The number of rotatable bonds is 3. The number of fused-ring (bicyclic) bond motifs is 1. The SMILES string of the molecule is Cc1cc(C)c2c(c1Cl)CC(=N\OCC(=O)N1CCCCC1)/C=C/CC(C)/C=C/COC2=O. The van der Waals surface area contributed by atoms with E-state index in [1.165, 1.54) is 0 Å². The van der Waals surface area contributed by atoms with Crippen LogP contribution in [0.15, 0.2) is 35.5 Å². The number of likely N-dealkylation sites (tertiary alicyclic amines) is 1. The quantitative estimate of drug-likeness (QED) is 0.344. The number of hydrogen-bond donors (Lipinski definition) is 0. The van der Waals surface area contributed by atoms with E-state index in [0.29, 0.717) is 28.3 Å². The fraction of sp³-hybridized carbons (Fsp3) is 0.500. The number of ether oxygens (including phenoxy) is 1. The molecule has 0 spiro atoms. The van der Waals surface area contributed by atoms with E-state index >= 15 is 0 Å². The summed E-state index contributed by atoms with van der Waals surface area (Å²) in [6.07, 6.45) is 12.1. The summed E-state index contributed by atoms with van der Waals surface area (Å²) in [5.74, 6) is -0.191. The van der Waals surface area contributed by atoms with Gasteiger partial charge in [0.1, 0.15) is 6.61 Å². The van der Waals surface area contributed by atoms with Crippen molar-refractivity contribution in [2.75, 3.05) is 26.3 Å². The molecule has 33 heavy (non-hydrogen) atoms. The number of piperidine rings is 1. The summed E-state index contributed by atoms with van der Waals surface area (Å²) in [6, 6.07) is 1.89. The zero-order chi connectivity index (χ0) is 23.8. The van der Waals surface area contributed by atoms with Crippen LogP contribution in [0.25, 0.3) is 0 Å². The van der Waals surface area contributed by atoms with E-state index in [9.17, 15) is 9.59 Å². The van der Waals surface area contributed by atoms with Crippen molar-refractivity contribution in [2.24, 2.45) is 11.1 Å². The van der Waals surface area contributed by atoms with Crippen molar-refractivity contribution >= 4 is 29.2 Å². The zero-order valence-corrected chi connectivity index (χ0v) is 20.5. The Morgan fingerprint density at radius 1 is 1.21 bits per heavy atom. The molecular weight excluding hydrogens is 440 g/mol. The number of halogens is 1. The minimum absolute atomic E-state index is 0.0554. The van der Waals surface area contributed by atoms with Gasteiger partial charge in [-0.2, -0.15) is 0 Å². The summed E-state index contributed by atoms with van der Waals surface area (Å²) < 4.78 is 5.50. The molecule has 0 bridgehead atoms. The van der Waals surface area contributed by atoms with Crippen molar-refractivity contribution in [2.45, 2.75) is 52.9 Å². The molecule has 0 aliphatic carbocycles. The topological polar surface area (TPSA) is 68.2 Å². The molecule has 0 aromatic heterocycles. The molecule has 2 aliphatic rings. The van der Waals surface area contributed by atoms with Crippen LogP contribution in [0, 0.1) is 19.8 Å². The third kappa shape index (κ3) is 6.94. The van der Waals surface area contributed by atoms with Gasteiger partial charge < -0.3 is 14.5 Å². The summed E-state index contributed by atoms with van der Waals surface area (Å²) in [6.45, 7) is 7.52. The van der Waals surface area contributed by atoms with Crippen LogP contribution < -0.4 is 0 Å². The number of cyclic esters (lactones) is 1. The van der Waals surface area contributed by atoms with E-state index in [-0.39, 0.29) is 25.0 Å². The minimum Gasteiger partial charge on any atom is -0.458 e. The molecule has 1 atom stereocenters. The van der Waals surface area contributed by atoms with Crippen LogP contribution in [0.4, 0.5) is 0 Å². The van der Waals surface area contributed by atoms with Crippen LogP contribution in [-0.2, 0) is 20.8 Å². The summed E-state index contributed by atoms with van der Waals surface area (Å²) in [5, 5.41) is 4.78. The molecule has 6 nitrogen and oxygen atoms in total. The Labute approximate surface area is 201 Å². The van der Waals surface area contributed by atoms with E-state index in [0.717, 1.165) is 49.9 Å². The molecule has 3 rings (SSSR count). The smallest absolute Gasteiger partial charge is 0.339 e. The summed E-state index contributed by atoms with van der Waals surface area (Å²) in [4.78, 5) is 32.6. The largest absolute Gasteiger partial charge is 0.458 e. The molecule has 1 aromatic carbocycles. The Kier molecular flexibility index (Phi) is 9.12. The first-order valence-electron chi connectivity index (χ1n) is 11.6. The predicted octanol–water partition coefficient (Wildman–Crippen LogP) is 5.19. The molecule has 0 N–H and O–H groups in total. The second-order valence-corrected chi connectivity index (χ2v) is 9.17. The van der Waals surface area contributed by atoms with Crippen LogP contribution in [-0.4, -0.2) is 48.8 Å². The Morgan fingerprint density at radius 3 is 2.73 bits per heavy atom. The molecule has 1 fully saturated rings. The highest BCUT2D eigenvalue weighted by molar-refractivity contribution is 6.33. The van der Waals surface area contributed by atoms with Gasteiger partial charge in [-0.1, -0.05) is 48.0 Å². The van der Waals surface area contributed by atoms with Gasteiger partial charge in [0, 0.05) is 24.5 Å². The molecule has 1 saturated heterocycles. The number of nitrogens with zero attached hydrogens (tertiary/aromatic N) is 2. The molecule has 1 unspecified atom stereocenters. The van der Waals surface area contributed by atoms with Gasteiger partial charge in [-0.25, -0.2) is 4.79 Å². The van der Waals surface area contributed by atoms with Gasteiger partial charge in [-0.3, -0.25) is 4.79 Å². The van der Waals surface area contributed by atoms with Crippen molar-refractivity contribution in [3.05, 3.63) is 57.6 Å². The highest BCUT2D eigenvalue weighted by Gasteiger charge is 2.22. The highest BCUT2D eigenvalue weighted by Crippen LogP contribution is 2.29. The molecule has 2 aliphatic heterocycles. The lowest BCUT2D eigenvalue weighted by Crippen LogP contribution is -2.37. The predicted molar refractivity (Wildman–Crippen MR) is 131 cm³/mol. The van der Waals surface area contributed by atoms with Crippen LogP contribution in [0.5, 0.6) is 0 Å². The fourth-order valence-electron chi connectivity index (χ4n) is 4.19. The maximum Gasteiger partial charge on any atom is 0.339 e. The average molecular weight is 473 g/mol. The second kappa shape index (κ2) is 12.0. The number of allylic oxidation sites excluding steroid dienone is 3. The lowest BCUT2D eigenvalue weighted by atomic mass is 9.94. The standard InChI is InChI=1S/C26H33ClN2O4/c1-18-9-7-11-21(28-33-17-23(30)29-12-5-4-6-13-29)16-22-24(26(31)32-14-8-10-18)19(2)15-20(3)25(22)27/h7-8,10-11,15,18H,4-6,9,12-14,16-17H2,1-3H3/b10-8+,11-7+,28-21-. The van der Waals surface area contributed by atoms with Crippen LogP contribution in [0.2, 0.25) is 5.02 Å². The number of aryl methyl sites for hydroxylation is 2. The number of carbonyl (C=O) groups excluding carboxylic acids is 2. The molecule has 7 heteroatoms. The summed E-state index contributed by atoms with van der Waals surface area (Å²) in [7, 11) is 0. The van der Waals surface area contributed by atoms with Gasteiger partial charge in [0.05, 0.1) is 11.3 Å². The van der Waals surface area contributed by atoms with E-state index < -0.39 is 5.97 Å². The first-order valence-corrected chi connectivity index (χ1v) is 12.0. The van der Waals surface area contributed by atoms with Crippen molar-refractivity contribution in [1.82, 2.24) is 4.90 Å². The van der Waals surface area contributed by atoms with Gasteiger partial charge >= 0.3 is 5.97 Å². The van der Waals surface area contributed by atoms with Crippen LogP contribution >= 0.6 is 11.6 Å². The molecule has 0 radical (unpaired) electrons. The van der Waals surface area contributed by atoms with E-state index in [1.54, 1.807) is 0 Å². The lowest BCUT2D eigenvalue weighted by Gasteiger charge is -2.26. The molecular formula is C26H33ClN2O4. The molecule has 178 valence electrons. The number of carbonyl (C=O) groups is 2. The van der Waals surface area contributed by atoms with Crippen molar-refractivity contribution in [1.29, 1.82) is 0 Å². The van der Waals surface area contributed by atoms with Crippen molar-refractivity contribution in [3.8, 4) is 0 Å². The Bertz CT molecular complexity index is 962. The maximum atomic E-state index is 12.9. The molecule has 2 heterocycles. The summed E-state index contributed by atoms with van der Waals surface area (Å²) in [5.41, 5.74) is 3.39. The van der Waals surface area contributed by atoms with Crippen LogP contribution in [0.3, 0.4) is 0 Å². The van der Waals surface area contributed by atoms with Gasteiger partial charge in [0.25, 0.3) is 5.91 Å². The van der Waals surface area contributed by atoms with E-state index in [4.69, 9.17) is 21.2 Å². The fourth-order valence-corrected chi connectivity index (χ4v) is 4.40. The van der Waals surface area contributed by atoms with Gasteiger partial charge in [-0.15, -0.1) is 0 Å². The lowest BCUT2D eigenvalue weighted by molar-refractivity contribution is -0.137. The van der Waals surface area contributed by atoms with Gasteiger partial charge in [0.15, 0.2) is 6.61 Å². The van der Waals surface area contributed by atoms with E-state index in [2.05, 4.69) is 12.1 Å². The average Bonchev–Trinajstić information content (AvgIpc) is 2.80. The monoisotopic (exact) mass is 472 g/mol. The van der Waals surface area contributed by atoms with Crippen LogP contribution in [0.1, 0.15) is 59.7 Å². The number of amides is 1. The molecule has 1 amide bonds. The third-order valence-electron chi connectivity index (χ3n) is 5.97. The highest BCUT2D eigenvalue weighted by atomic mass is 35.5. The first kappa shape index (κ1) is 25.0. The molecule has 1 aromatic rings. The number of benzene rings is 1. The Hall–Kier alpha value is -2.60. The molecule has 0 saturated carbocycles. The zero-order valence-electron chi connectivity index (χ0n) is 19.7. The number of oxime groups is 1. The number of esters is 1. The third-order valence-corrected chi connectivity index (χ3v) is 6.50. The second-order valence-electron chi connectivity index (χ2n) is 8.79. The summed E-state index contributed by atoms with van der Waals surface area (Å²) >= 11 is 6.65. The Morgan fingerprint density at radius 2 is 1.97 bits per heavy atom. The Balaban J connectivity index is 1.88.